The molecular formula is C18H29N3. The summed E-state index contributed by atoms with van der Waals surface area (Å²) < 4.78 is 0. The zero-order chi connectivity index (χ0) is 14.9. The van der Waals surface area contributed by atoms with E-state index < -0.39 is 0 Å². The summed E-state index contributed by atoms with van der Waals surface area (Å²) in [5.74, 6) is 2.12. The Morgan fingerprint density at radius 1 is 1.05 bits per heavy atom. The predicted molar refractivity (Wildman–Crippen MR) is 90.0 cm³/mol. The second kappa shape index (κ2) is 5.51. The normalized spacial score (nSPS) is 21.8. The van der Waals surface area contributed by atoms with Crippen molar-refractivity contribution in [1.29, 1.82) is 0 Å². The van der Waals surface area contributed by atoms with Crippen LogP contribution in [0.25, 0.3) is 0 Å². The van der Waals surface area contributed by atoms with Gasteiger partial charge in [-0.2, -0.15) is 0 Å². The molecule has 1 spiro atoms. The van der Waals surface area contributed by atoms with Gasteiger partial charge in [0.25, 0.3) is 0 Å². The maximum Gasteiger partial charge on any atom is 0.130 e. The molecule has 1 aliphatic heterocycles. The van der Waals surface area contributed by atoms with Crippen LogP contribution in [0.2, 0.25) is 0 Å². The van der Waals surface area contributed by atoms with Crippen molar-refractivity contribution in [2.24, 2.45) is 5.41 Å². The van der Waals surface area contributed by atoms with Crippen molar-refractivity contribution in [3.63, 3.8) is 0 Å². The van der Waals surface area contributed by atoms with Gasteiger partial charge in [-0.1, -0.05) is 18.9 Å². The SMILES string of the molecule is CC(C)(C)Nc1cccc(N2CCC3(CCCC3)CC2)n1. The van der Waals surface area contributed by atoms with E-state index in [0.29, 0.717) is 5.41 Å². The van der Waals surface area contributed by atoms with E-state index in [-0.39, 0.29) is 5.54 Å². The minimum atomic E-state index is 0.0570. The molecule has 0 aromatic carbocycles. The van der Waals surface area contributed by atoms with E-state index in [4.69, 9.17) is 4.98 Å². The van der Waals surface area contributed by atoms with E-state index in [1.807, 2.05) is 0 Å². The maximum absolute atomic E-state index is 4.81. The zero-order valence-electron chi connectivity index (χ0n) is 13.8. The fourth-order valence-corrected chi connectivity index (χ4v) is 3.89. The summed E-state index contributed by atoms with van der Waals surface area (Å²) in [5.41, 5.74) is 0.735. The second-order valence-electron chi connectivity index (χ2n) is 7.95. The Morgan fingerprint density at radius 2 is 1.71 bits per heavy atom. The highest BCUT2D eigenvalue weighted by molar-refractivity contribution is 5.48. The van der Waals surface area contributed by atoms with Crippen molar-refractivity contribution in [2.45, 2.75) is 64.8 Å². The first kappa shape index (κ1) is 14.7. The lowest BCUT2D eigenvalue weighted by molar-refractivity contribution is 0.226. The Bertz CT molecular complexity index is 473. The number of aromatic nitrogens is 1. The Labute approximate surface area is 129 Å². The number of nitrogens with one attached hydrogen (secondary N) is 1. The molecule has 2 aliphatic rings. The highest BCUT2D eigenvalue weighted by atomic mass is 15.2. The smallest absolute Gasteiger partial charge is 0.130 e. The van der Waals surface area contributed by atoms with Crippen LogP contribution in [0.3, 0.4) is 0 Å². The largest absolute Gasteiger partial charge is 0.365 e. The third kappa shape index (κ3) is 3.50. The van der Waals surface area contributed by atoms with E-state index in [9.17, 15) is 0 Å². The summed E-state index contributed by atoms with van der Waals surface area (Å²) in [5, 5.41) is 3.47. The van der Waals surface area contributed by atoms with Gasteiger partial charge in [0.05, 0.1) is 0 Å². The van der Waals surface area contributed by atoms with Crippen molar-refractivity contribution in [3.05, 3.63) is 18.2 Å². The highest BCUT2D eigenvalue weighted by Crippen LogP contribution is 2.46. The van der Waals surface area contributed by atoms with Gasteiger partial charge in [0, 0.05) is 18.6 Å². The van der Waals surface area contributed by atoms with Gasteiger partial charge >= 0.3 is 0 Å². The lowest BCUT2D eigenvalue weighted by Crippen LogP contribution is -2.39. The van der Waals surface area contributed by atoms with E-state index in [2.05, 4.69) is 49.2 Å². The number of pyridine rings is 1. The van der Waals surface area contributed by atoms with Gasteiger partial charge in [0.1, 0.15) is 11.6 Å². The van der Waals surface area contributed by atoms with Gasteiger partial charge < -0.3 is 10.2 Å². The zero-order valence-corrected chi connectivity index (χ0v) is 13.8. The molecule has 1 aromatic rings. The average molecular weight is 287 g/mol. The highest BCUT2D eigenvalue weighted by Gasteiger charge is 2.37. The predicted octanol–water partition coefficient (Wildman–Crippen LogP) is 4.45. The first-order chi connectivity index (χ1) is 9.96. The molecule has 1 N–H and O–H groups in total. The Hall–Kier alpha value is -1.25. The number of rotatable bonds is 2. The summed E-state index contributed by atoms with van der Waals surface area (Å²) in [7, 11) is 0. The molecule has 2 heterocycles. The van der Waals surface area contributed by atoms with Crippen molar-refractivity contribution in [1.82, 2.24) is 4.98 Å². The molecule has 1 aromatic heterocycles. The van der Waals surface area contributed by atoms with Crippen LogP contribution in [0.15, 0.2) is 18.2 Å². The van der Waals surface area contributed by atoms with Crippen LogP contribution in [0.1, 0.15) is 59.3 Å². The van der Waals surface area contributed by atoms with Gasteiger partial charge in [-0.15, -0.1) is 0 Å². The van der Waals surface area contributed by atoms with E-state index in [1.54, 1.807) is 0 Å². The standard InChI is InChI=1S/C18H29N3/c1-17(2,3)20-15-7-6-8-16(19-15)21-13-11-18(12-14-21)9-4-5-10-18/h6-8H,4-5,9-14H2,1-3H3,(H,19,20). The van der Waals surface area contributed by atoms with Crippen LogP contribution in [0.4, 0.5) is 11.6 Å². The van der Waals surface area contributed by atoms with Crippen LogP contribution in [-0.2, 0) is 0 Å². The fourth-order valence-electron chi connectivity index (χ4n) is 3.89. The molecule has 1 saturated heterocycles. The molecule has 3 nitrogen and oxygen atoms in total. The molecule has 0 bridgehead atoms. The number of hydrogen-bond donors (Lipinski definition) is 1. The average Bonchev–Trinajstić information content (AvgIpc) is 2.86. The first-order valence-electron chi connectivity index (χ1n) is 8.46. The monoisotopic (exact) mass is 287 g/mol. The number of anilines is 2. The van der Waals surface area contributed by atoms with Crippen LogP contribution in [0.5, 0.6) is 0 Å². The summed E-state index contributed by atoms with van der Waals surface area (Å²) in [6, 6.07) is 6.34. The van der Waals surface area contributed by atoms with Crippen molar-refractivity contribution in [2.75, 3.05) is 23.3 Å². The molecule has 0 radical (unpaired) electrons. The molecule has 116 valence electrons. The molecule has 0 amide bonds. The number of nitrogens with zero attached hydrogens (tertiary/aromatic N) is 2. The van der Waals surface area contributed by atoms with Gasteiger partial charge in [-0.05, 0) is 64.0 Å². The van der Waals surface area contributed by atoms with E-state index >= 15 is 0 Å². The molecule has 3 heteroatoms. The summed E-state index contributed by atoms with van der Waals surface area (Å²) in [6.45, 7) is 8.86. The fraction of sp³-hybridized carbons (Fsp3) is 0.722. The minimum absolute atomic E-state index is 0.0570. The van der Waals surface area contributed by atoms with Gasteiger partial charge in [-0.3, -0.25) is 0 Å². The molecule has 0 atom stereocenters. The van der Waals surface area contributed by atoms with Gasteiger partial charge in [-0.25, -0.2) is 4.98 Å². The number of hydrogen-bond acceptors (Lipinski definition) is 3. The van der Waals surface area contributed by atoms with Crippen LogP contribution in [-0.4, -0.2) is 23.6 Å². The van der Waals surface area contributed by atoms with Gasteiger partial charge in [0.15, 0.2) is 0 Å². The topological polar surface area (TPSA) is 28.2 Å². The second-order valence-corrected chi connectivity index (χ2v) is 7.95. The van der Waals surface area contributed by atoms with Crippen molar-refractivity contribution < 1.29 is 0 Å². The number of piperidine rings is 1. The van der Waals surface area contributed by atoms with E-state index in [1.165, 1.54) is 51.6 Å². The lowest BCUT2D eigenvalue weighted by atomic mass is 9.77. The molecule has 2 fully saturated rings. The third-order valence-electron chi connectivity index (χ3n) is 5.05. The third-order valence-corrected chi connectivity index (χ3v) is 5.05. The Balaban J connectivity index is 1.66. The van der Waals surface area contributed by atoms with Crippen molar-refractivity contribution in [3.8, 4) is 0 Å². The van der Waals surface area contributed by atoms with Crippen molar-refractivity contribution >= 4 is 11.6 Å². The molecule has 21 heavy (non-hydrogen) atoms. The molecule has 3 rings (SSSR count). The molecule has 1 saturated carbocycles. The van der Waals surface area contributed by atoms with Crippen LogP contribution in [0, 0.1) is 5.41 Å². The molecule has 0 unspecified atom stereocenters. The van der Waals surface area contributed by atoms with Gasteiger partial charge in [0.2, 0.25) is 0 Å². The first-order valence-corrected chi connectivity index (χ1v) is 8.46. The molecular weight excluding hydrogens is 258 g/mol. The maximum atomic E-state index is 4.81. The summed E-state index contributed by atoms with van der Waals surface area (Å²) >= 11 is 0. The quantitative estimate of drug-likeness (QED) is 0.871. The van der Waals surface area contributed by atoms with Crippen LogP contribution < -0.4 is 10.2 Å². The molecule has 1 aliphatic carbocycles. The van der Waals surface area contributed by atoms with Crippen LogP contribution >= 0.6 is 0 Å². The lowest BCUT2D eigenvalue weighted by Gasteiger charge is -2.40. The minimum Gasteiger partial charge on any atom is -0.365 e. The van der Waals surface area contributed by atoms with E-state index in [0.717, 1.165) is 11.6 Å². The Morgan fingerprint density at radius 3 is 2.33 bits per heavy atom. The summed E-state index contributed by atoms with van der Waals surface area (Å²) in [6.07, 6.45) is 8.52. The summed E-state index contributed by atoms with van der Waals surface area (Å²) in [4.78, 5) is 7.28. The Kier molecular flexibility index (Phi) is 3.85.